The van der Waals surface area contributed by atoms with Crippen molar-refractivity contribution in [2.24, 2.45) is 0 Å². The van der Waals surface area contributed by atoms with Gasteiger partial charge in [-0.3, -0.25) is 4.68 Å². The van der Waals surface area contributed by atoms with Crippen LogP contribution in [-0.2, 0) is 15.1 Å². The molecule has 0 radical (unpaired) electrons. The van der Waals surface area contributed by atoms with Gasteiger partial charge in [0.05, 0.1) is 18.5 Å². The molecule has 1 saturated heterocycles. The monoisotopic (exact) mass is 349 g/mol. The van der Waals surface area contributed by atoms with E-state index < -0.39 is 5.54 Å². The molecule has 0 unspecified atom stereocenters. The van der Waals surface area contributed by atoms with Crippen molar-refractivity contribution in [3.8, 4) is 0 Å². The van der Waals surface area contributed by atoms with Crippen LogP contribution in [0.4, 0.5) is 5.69 Å². The molecule has 24 heavy (non-hydrogen) atoms. The number of aromatic nitrogens is 4. The Labute approximate surface area is 145 Å². The maximum absolute atomic E-state index is 12.7. The van der Waals surface area contributed by atoms with Crippen LogP contribution in [0, 0.1) is 6.92 Å². The highest BCUT2D eigenvalue weighted by Crippen LogP contribution is 2.34. The van der Waals surface area contributed by atoms with Crippen molar-refractivity contribution in [1.29, 1.82) is 0 Å². The second-order valence-electron chi connectivity index (χ2n) is 5.86. The number of halogens is 1. The van der Waals surface area contributed by atoms with Crippen molar-refractivity contribution in [3.05, 3.63) is 35.4 Å². The number of carbonyl (C=O) groups excluding carboxylic acids is 1. The summed E-state index contributed by atoms with van der Waals surface area (Å²) in [6.07, 6.45) is 4.61. The molecule has 3 heterocycles. The molecule has 0 aromatic carbocycles. The van der Waals surface area contributed by atoms with Crippen LogP contribution in [0.1, 0.15) is 25.5 Å². The number of nitrogens with zero attached hydrogens (tertiary/aromatic N) is 5. The Hall–Kier alpha value is -2.15. The largest absolute Gasteiger partial charge is 0.464 e. The van der Waals surface area contributed by atoms with Crippen LogP contribution in [0.2, 0.25) is 5.15 Å². The summed E-state index contributed by atoms with van der Waals surface area (Å²) in [5.74, 6) is -0.220. The van der Waals surface area contributed by atoms with Crippen molar-refractivity contribution in [2.45, 2.75) is 32.2 Å². The van der Waals surface area contributed by atoms with Gasteiger partial charge in [0, 0.05) is 43.9 Å². The van der Waals surface area contributed by atoms with E-state index in [0.717, 1.165) is 11.4 Å². The Morgan fingerprint density at radius 3 is 2.75 bits per heavy atom. The SMILES string of the molecule is CCOC(=O)C1(n2nccc2C)CCN(c2cnnc(Cl)c2)CC1. The second-order valence-corrected chi connectivity index (χ2v) is 6.25. The van der Waals surface area contributed by atoms with E-state index in [1.807, 2.05) is 19.9 Å². The fraction of sp³-hybridized carbons (Fsp3) is 0.500. The Bertz CT molecular complexity index is 725. The van der Waals surface area contributed by atoms with Gasteiger partial charge in [0.15, 0.2) is 10.7 Å². The van der Waals surface area contributed by atoms with Crippen molar-refractivity contribution in [1.82, 2.24) is 20.0 Å². The van der Waals surface area contributed by atoms with Crippen molar-refractivity contribution in [2.75, 3.05) is 24.6 Å². The first-order valence-corrected chi connectivity index (χ1v) is 8.36. The zero-order valence-corrected chi connectivity index (χ0v) is 14.5. The molecule has 7 nitrogen and oxygen atoms in total. The van der Waals surface area contributed by atoms with E-state index in [-0.39, 0.29) is 5.97 Å². The molecule has 1 aliphatic rings. The second kappa shape index (κ2) is 6.76. The highest BCUT2D eigenvalue weighted by molar-refractivity contribution is 6.29. The average Bonchev–Trinajstić information content (AvgIpc) is 3.02. The first-order valence-electron chi connectivity index (χ1n) is 7.98. The number of anilines is 1. The molecule has 2 aromatic heterocycles. The normalized spacial score (nSPS) is 16.9. The van der Waals surface area contributed by atoms with E-state index in [4.69, 9.17) is 16.3 Å². The molecule has 8 heteroatoms. The zero-order chi connectivity index (χ0) is 17.2. The smallest absolute Gasteiger partial charge is 0.334 e. The van der Waals surface area contributed by atoms with Crippen LogP contribution in [0.15, 0.2) is 24.5 Å². The molecule has 0 saturated carbocycles. The molecule has 128 valence electrons. The summed E-state index contributed by atoms with van der Waals surface area (Å²) in [5, 5.41) is 12.4. The van der Waals surface area contributed by atoms with E-state index in [0.29, 0.717) is 37.7 Å². The number of rotatable bonds is 4. The number of hydrogen-bond acceptors (Lipinski definition) is 6. The average molecular weight is 350 g/mol. The summed E-state index contributed by atoms with van der Waals surface area (Å²) in [6, 6.07) is 3.69. The molecule has 0 amide bonds. The van der Waals surface area contributed by atoms with Gasteiger partial charge in [-0.25, -0.2) is 4.79 Å². The standard InChI is InChI=1S/C16H20ClN5O2/c1-3-24-15(23)16(22-12(2)4-7-19-22)5-8-21(9-6-16)13-10-14(17)20-18-11-13/h4,7,10-11H,3,5-6,8-9H2,1-2H3. The molecule has 0 N–H and O–H groups in total. The topological polar surface area (TPSA) is 73.1 Å². The Kier molecular flexibility index (Phi) is 4.71. The Morgan fingerprint density at radius 1 is 1.42 bits per heavy atom. The lowest BCUT2D eigenvalue weighted by atomic mass is 9.87. The molecule has 1 aliphatic heterocycles. The Morgan fingerprint density at radius 2 is 2.17 bits per heavy atom. The third-order valence-electron chi connectivity index (χ3n) is 4.46. The molecule has 1 fully saturated rings. The van der Waals surface area contributed by atoms with E-state index in [2.05, 4.69) is 20.2 Å². The number of esters is 1. The van der Waals surface area contributed by atoms with Gasteiger partial charge in [-0.1, -0.05) is 11.6 Å². The molecule has 3 rings (SSSR count). The van der Waals surface area contributed by atoms with Gasteiger partial charge in [-0.05, 0) is 19.9 Å². The summed E-state index contributed by atoms with van der Waals surface area (Å²) in [4.78, 5) is 14.9. The van der Waals surface area contributed by atoms with Gasteiger partial charge >= 0.3 is 5.97 Å². The van der Waals surface area contributed by atoms with Crippen LogP contribution in [0.25, 0.3) is 0 Å². The molecule has 0 aliphatic carbocycles. The van der Waals surface area contributed by atoms with Crippen LogP contribution in [0.5, 0.6) is 0 Å². The van der Waals surface area contributed by atoms with Crippen molar-refractivity contribution < 1.29 is 9.53 Å². The third kappa shape index (κ3) is 2.96. The highest BCUT2D eigenvalue weighted by atomic mass is 35.5. The lowest BCUT2D eigenvalue weighted by molar-refractivity contribution is -0.156. The summed E-state index contributed by atoms with van der Waals surface area (Å²) in [7, 11) is 0. The first-order chi connectivity index (χ1) is 11.6. The van der Waals surface area contributed by atoms with E-state index >= 15 is 0 Å². The minimum atomic E-state index is -0.760. The number of carbonyl (C=O) groups is 1. The van der Waals surface area contributed by atoms with Crippen LogP contribution in [-0.4, -0.2) is 45.6 Å². The van der Waals surface area contributed by atoms with Crippen molar-refractivity contribution >= 4 is 23.3 Å². The molecule has 0 spiro atoms. The zero-order valence-electron chi connectivity index (χ0n) is 13.8. The molecule has 2 aromatic rings. The Balaban J connectivity index is 1.86. The van der Waals surface area contributed by atoms with E-state index in [1.165, 1.54) is 0 Å². The lowest BCUT2D eigenvalue weighted by Gasteiger charge is -2.41. The summed E-state index contributed by atoms with van der Waals surface area (Å²) in [6.45, 7) is 5.49. The summed E-state index contributed by atoms with van der Waals surface area (Å²) in [5.41, 5.74) is 1.10. The van der Waals surface area contributed by atoms with Crippen molar-refractivity contribution in [3.63, 3.8) is 0 Å². The van der Waals surface area contributed by atoms with Crippen LogP contribution >= 0.6 is 11.6 Å². The number of hydrogen-bond donors (Lipinski definition) is 0. The van der Waals surface area contributed by atoms with Gasteiger partial charge in [0.1, 0.15) is 0 Å². The van der Waals surface area contributed by atoms with E-state index in [9.17, 15) is 4.79 Å². The maximum atomic E-state index is 12.7. The molecular formula is C16H20ClN5O2. The molecule has 0 atom stereocenters. The molecule has 0 bridgehead atoms. The number of aryl methyl sites for hydroxylation is 1. The van der Waals surface area contributed by atoms with Gasteiger partial charge in [-0.2, -0.15) is 10.2 Å². The minimum Gasteiger partial charge on any atom is -0.464 e. The number of piperidine rings is 1. The predicted octanol–water partition coefficient (Wildman–Crippen LogP) is 2.19. The molecular weight excluding hydrogens is 330 g/mol. The van der Waals surface area contributed by atoms with Gasteiger partial charge in [-0.15, -0.1) is 5.10 Å². The van der Waals surface area contributed by atoms with Crippen LogP contribution in [0.3, 0.4) is 0 Å². The first kappa shape index (κ1) is 16.7. The predicted molar refractivity (Wildman–Crippen MR) is 90.1 cm³/mol. The summed E-state index contributed by atoms with van der Waals surface area (Å²) >= 11 is 5.93. The maximum Gasteiger partial charge on any atom is 0.334 e. The third-order valence-corrected chi connectivity index (χ3v) is 4.64. The quantitative estimate of drug-likeness (QED) is 0.788. The van der Waals surface area contributed by atoms with Gasteiger partial charge < -0.3 is 9.64 Å². The van der Waals surface area contributed by atoms with Crippen LogP contribution < -0.4 is 4.90 Å². The van der Waals surface area contributed by atoms with Gasteiger partial charge in [0.2, 0.25) is 0 Å². The number of ether oxygens (including phenoxy) is 1. The van der Waals surface area contributed by atoms with Gasteiger partial charge in [0.25, 0.3) is 0 Å². The lowest BCUT2D eigenvalue weighted by Crippen LogP contribution is -2.52. The fourth-order valence-corrected chi connectivity index (χ4v) is 3.38. The minimum absolute atomic E-state index is 0.220. The summed E-state index contributed by atoms with van der Waals surface area (Å²) < 4.78 is 7.17. The highest BCUT2D eigenvalue weighted by Gasteiger charge is 2.46. The van der Waals surface area contributed by atoms with E-state index in [1.54, 1.807) is 23.1 Å². The fourth-order valence-electron chi connectivity index (χ4n) is 3.22.